The first-order chi connectivity index (χ1) is 6.63. The van der Waals surface area contributed by atoms with Crippen LogP contribution in [0.25, 0.3) is 0 Å². The maximum atomic E-state index is 6.05. The molecule has 1 saturated carbocycles. The zero-order valence-corrected chi connectivity index (χ0v) is 9.83. The van der Waals surface area contributed by atoms with Gasteiger partial charge in [0.1, 0.15) is 0 Å². The average Bonchev–Trinajstić information content (AvgIpc) is 2.14. The van der Waals surface area contributed by atoms with Crippen LogP contribution in [-0.2, 0) is 4.74 Å². The molecule has 1 aliphatic carbocycles. The van der Waals surface area contributed by atoms with E-state index in [2.05, 4.69) is 20.8 Å². The lowest BCUT2D eigenvalue weighted by Crippen LogP contribution is -2.35. The van der Waals surface area contributed by atoms with Crippen LogP contribution in [0.5, 0.6) is 0 Å². The molecule has 0 saturated heterocycles. The first-order valence-electron chi connectivity index (χ1n) is 5.99. The van der Waals surface area contributed by atoms with Crippen molar-refractivity contribution < 1.29 is 4.74 Å². The summed E-state index contributed by atoms with van der Waals surface area (Å²) in [5.74, 6) is 1.37. The summed E-state index contributed by atoms with van der Waals surface area (Å²) in [7, 11) is 0. The molecule has 1 aliphatic rings. The lowest BCUT2D eigenvalue weighted by Gasteiger charge is -2.31. The first-order valence-corrected chi connectivity index (χ1v) is 5.99. The summed E-state index contributed by atoms with van der Waals surface area (Å²) in [5, 5.41) is 0. The minimum Gasteiger partial charge on any atom is -0.373 e. The molecule has 0 amide bonds. The van der Waals surface area contributed by atoms with Crippen LogP contribution in [0, 0.1) is 11.8 Å². The molecule has 0 bridgehead atoms. The molecular weight excluding hydrogens is 174 g/mol. The SMILES string of the molecule is CC1CCCC(OC(CN)C(C)C)C1. The molecule has 0 spiro atoms. The maximum absolute atomic E-state index is 6.05. The van der Waals surface area contributed by atoms with E-state index in [4.69, 9.17) is 10.5 Å². The minimum atomic E-state index is 0.255. The van der Waals surface area contributed by atoms with Crippen LogP contribution in [0.1, 0.15) is 46.5 Å². The minimum absolute atomic E-state index is 0.255. The summed E-state index contributed by atoms with van der Waals surface area (Å²) < 4.78 is 6.05. The van der Waals surface area contributed by atoms with Crippen molar-refractivity contribution in [3.8, 4) is 0 Å². The lowest BCUT2D eigenvalue weighted by molar-refractivity contribution is -0.0535. The van der Waals surface area contributed by atoms with Gasteiger partial charge in [-0.1, -0.05) is 33.6 Å². The molecule has 0 radical (unpaired) electrons. The topological polar surface area (TPSA) is 35.2 Å². The predicted molar refractivity (Wildman–Crippen MR) is 60.2 cm³/mol. The van der Waals surface area contributed by atoms with Crippen molar-refractivity contribution in [2.45, 2.75) is 58.7 Å². The first kappa shape index (κ1) is 12.0. The van der Waals surface area contributed by atoms with Crippen molar-refractivity contribution in [2.24, 2.45) is 17.6 Å². The molecule has 0 heterocycles. The normalized spacial score (nSPS) is 30.6. The Hall–Kier alpha value is -0.0800. The van der Waals surface area contributed by atoms with E-state index in [1.54, 1.807) is 0 Å². The van der Waals surface area contributed by atoms with Crippen molar-refractivity contribution in [2.75, 3.05) is 6.54 Å². The molecular formula is C12H25NO. The van der Waals surface area contributed by atoms with Crippen molar-refractivity contribution in [3.05, 3.63) is 0 Å². The Labute approximate surface area is 88.2 Å². The van der Waals surface area contributed by atoms with Gasteiger partial charge in [-0.2, -0.15) is 0 Å². The van der Waals surface area contributed by atoms with Crippen LogP contribution < -0.4 is 5.73 Å². The van der Waals surface area contributed by atoms with Gasteiger partial charge in [0.05, 0.1) is 12.2 Å². The fourth-order valence-corrected chi connectivity index (χ4v) is 2.23. The molecule has 2 N–H and O–H groups in total. The molecule has 1 rings (SSSR count). The van der Waals surface area contributed by atoms with Gasteiger partial charge < -0.3 is 10.5 Å². The van der Waals surface area contributed by atoms with Gasteiger partial charge >= 0.3 is 0 Å². The van der Waals surface area contributed by atoms with E-state index in [0.717, 1.165) is 5.92 Å². The fraction of sp³-hybridized carbons (Fsp3) is 1.00. The summed E-state index contributed by atoms with van der Waals surface area (Å²) in [6.07, 6.45) is 5.87. The zero-order chi connectivity index (χ0) is 10.6. The van der Waals surface area contributed by atoms with Crippen LogP contribution >= 0.6 is 0 Å². The van der Waals surface area contributed by atoms with Crippen molar-refractivity contribution in [1.29, 1.82) is 0 Å². The highest BCUT2D eigenvalue weighted by atomic mass is 16.5. The molecule has 14 heavy (non-hydrogen) atoms. The molecule has 0 aromatic rings. The largest absolute Gasteiger partial charge is 0.373 e. The number of hydrogen-bond donors (Lipinski definition) is 1. The second kappa shape index (κ2) is 5.72. The van der Waals surface area contributed by atoms with Crippen LogP contribution in [-0.4, -0.2) is 18.8 Å². The van der Waals surface area contributed by atoms with Gasteiger partial charge in [-0.05, 0) is 24.7 Å². The van der Waals surface area contributed by atoms with E-state index in [1.807, 2.05) is 0 Å². The maximum Gasteiger partial charge on any atom is 0.0723 e. The summed E-state index contributed by atoms with van der Waals surface area (Å²) in [4.78, 5) is 0. The number of rotatable bonds is 4. The highest BCUT2D eigenvalue weighted by Crippen LogP contribution is 2.27. The fourth-order valence-electron chi connectivity index (χ4n) is 2.23. The van der Waals surface area contributed by atoms with E-state index in [1.165, 1.54) is 25.7 Å². The summed E-state index contributed by atoms with van der Waals surface area (Å²) in [6, 6.07) is 0. The number of nitrogens with two attached hydrogens (primary N) is 1. The molecule has 0 aromatic carbocycles. The zero-order valence-electron chi connectivity index (χ0n) is 9.83. The van der Waals surface area contributed by atoms with Gasteiger partial charge in [0.25, 0.3) is 0 Å². The molecule has 0 aliphatic heterocycles. The van der Waals surface area contributed by atoms with Crippen LogP contribution in [0.4, 0.5) is 0 Å². The molecule has 2 nitrogen and oxygen atoms in total. The van der Waals surface area contributed by atoms with Crippen LogP contribution in [0.2, 0.25) is 0 Å². The van der Waals surface area contributed by atoms with Gasteiger partial charge in [-0.15, -0.1) is 0 Å². The van der Waals surface area contributed by atoms with Crippen LogP contribution in [0.3, 0.4) is 0 Å². The van der Waals surface area contributed by atoms with Crippen LogP contribution in [0.15, 0.2) is 0 Å². The third-order valence-corrected chi connectivity index (χ3v) is 3.23. The van der Waals surface area contributed by atoms with E-state index in [9.17, 15) is 0 Å². The number of ether oxygens (including phenoxy) is 1. The van der Waals surface area contributed by atoms with Crippen molar-refractivity contribution in [3.63, 3.8) is 0 Å². The lowest BCUT2D eigenvalue weighted by atomic mass is 9.88. The molecule has 0 aromatic heterocycles. The van der Waals surface area contributed by atoms with E-state index in [0.29, 0.717) is 18.6 Å². The van der Waals surface area contributed by atoms with Gasteiger partial charge in [0.15, 0.2) is 0 Å². The third-order valence-electron chi connectivity index (χ3n) is 3.23. The second-order valence-corrected chi connectivity index (χ2v) is 5.05. The Morgan fingerprint density at radius 2 is 2.07 bits per heavy atom. The molecule has 2 heteroatoms. The second-order valence-electron chi connectivity index (χ2n) is 5.05. The molecule has 3 unspecified atom stereocenters. The monoisotopic (exact) mass is 199 g/mol. The Morgan fingerprint density at radius 1 is 1.36 bits per heavy atom. The van der Waals surface area contributed by atoms with Gasteiger partial charge in [0, 0.05) is 6.54 Å². The van der Waals surface area contributed by atoms with Crippen molar-refractivity contribution in [1.82, 2.24) is 0 Å². The smallest absolute Gasteiger partial charge is 0.0723 e. The molecule has 84 valence electrons. The molecule has 1 fully saturated rings. The summed E-state index contributed by atoms with van der Waals surface area (Å²) >= 11 is 0. The average molecular weight is 199 g/mol. The Bertz CT molecular complexity index is 158. The van der Waals surface area contributed by atoms with Crippen molar-refractivity contribution >= 4 is 0 Å². The van der Waals surface area contributed by atoms with Gasteiger partial charge in [-0.3, -0.25) is 0 Å². The van der Waals surface area contributed by atoms with Gasteiger partial charge in [-0.25, -0.2) is 0 Å². The summed E-state index contributed by atoms with van der Waals surface area (Å²) in [6.45, 7) is 7.35. The summed E-state index contributed by atoms with van der Waals surface area (Å²) in [5.41, 5.74) is 5.70. The highest BCUT2D eigenvalue weighted by Gasteiger charge is 2.23. The molecule has 3 atom stereocenters. The Morgan fingerprint density at radius 3 is 2.57 bits per heavy atom. The quantitative estimate of drug-likeness (QED) is 0.755. The Balaban J connectivity index is 2.33. The standard InChI is InChI=1S/C12H25NO/c1-9(2)12(8-13)14-11-6-4-5-10(3)7-11/h9-12H,4-8,13H2,1-3H3. The van der Waals surface area contributed by atoms with E-state index in [-0.39, 0.29) is 6.10 Å². The van der Waals surface area contributed by atoms with Gasteiger partial charge in [0.2, 0.25) is 0 Å². The predicted octanol–water partition coefficient (Wildman–Crippen LogP) is 2.57. The number of hydrogen-bond acceptors (Lipinski definition) is 2. The van der Waals surface area contributed by atoms with E-state index < -0.39 is 0 Å². The van der Waals surface area contributed by atoms with E-state index >= 15 is 0 Å². The third kappa shape index (κ3) is 3.58. The Kier molecular flexibility index (Phi) is 4.90. The highest BCUT2D eigenvalue weighted by molar-refractivity contribution is 4.73.